The number of halogens is 1. The van der Waals surface area contributed by atoms with Crippen LogP contribution in [-0.2, 0) is 6.54 Å². The van der Waals surface area contributed by atoms with Crippen LogP contribution in [0.3, 0.4) is 0 Å². The molecule has 0 amide bonds. The topological polar surface area (TPSA) is 80.9 Å². The SMILES string of the molecule is O=c1[nH]c2ccc(NCc3cc(F)ccc3O)cc2[nH]1. The van der Waals surface area contributed by atoms with Gasteiger partial charge < -0.3 is 20.4 Å². The van der Waals surface area contributed by atoms with Crippen LogP contribution in [0.15, 0.2) is 41.2 Å². The maximum Gasteiger partial charge on any atom is 0.323 e. The Morgan fingerprint density at radius 3 is 2.75 bits per heavy atom. The molecule has 0 fully saturated rings. The van der Waals surface area contributed by atoms with E-state index in [4.69, 9.17) is 0 Å². The van der Waals surface area contributed by atoms with E-state index in [-0.39, 0.29) is 18.0 Å². The van der Waals surface area contributed by atoms with Crippen LogP contribution >= 0.6 is 0 Å². The van der Waals surface area contributed by atoms with Gasteiger partial charge in [-0.2, -0.15) is 0 Å². The normalized spacial score (nSPS) is 10.8. The number of nitrogens with one attached hydrogen (secondary N) is 3. The molecule has 0 aliphatic rings. The minimum Gasteiger partial charge on any atom is -0.508 e. The molecule has 0 bridgehead atoms. The molecule has 4 N–H and O–H groups in total. The highest BCUT2D eigenvalue weighted by Gasteiger charge is 2.04. The van der Waals surface area contributed by atoms with Crippen LogP contribution in [0.25, 0.3) is 11.0 Å². The Labute approximate surface area is 113 Å². The van der Waals surface area contributed by atoms with Crippen LogP contribution in [0.4, 0.5) is 10.1 Å². The van der Waals surface area contributed by atoms with Gasteiger partial charge in [-0.15, -0.1) is 0 Å². The quantitative estimate of drug-likeness (QED) is 0.591. The number of benzene rings is 2. The Morgan fingerprint density at radius 2 is 1.90 bits per heavy atom. The van der Waals surface area contributed by atoms with Gasteiger partial charge in [0.15, 0.2) is 0 Å². The summed E-state index contributed by atoms with van der Waals surface area (Å²) in [7, 11) is 0. The third kappa shape index (κ3) is 2.35. The summed E-state index contributed by atoms with van der Waals surface area (Å²) in [6, 6.07) is 9.13. The molecule has 1 heterocycles. The molecule has 3 rings (SSSR count). The molecular weight excluding hydrogens is 261 g/mol. The van der Waals surface area contributed by atoms with E-state index in [1.165, 1.54) is 18.2 Å². The van der Waals surface area contributed by atoms with Gasteiger partial charge in [0, 0.05) is 17.8 Å². The minimum atomic E-state index is -0.398. The van der Waals surface area contributed by atoms with Gasteiger partial charge >= 0.3 is 5.69 Å². The first-order chi connectivity index (χ1) is 9.61. The van der Waals surface area contributed by atoms with E-state index < -0.39 is 5.82 Å². The number of aromatic hydroxyl groups is 1. The van der Waals surface area contributed by atoms with Crippen molar-refractivity contribution in [1.29, 1.82) is 0 Å². The lowest BCUT2D eigenvalue weighted by atomic mass is 10.2. The maximum absolute atomic E-state index is 13.1. The van der Waals surface area contributed by atoms with Gasteiger partial charge in [0.2, 0.25) is 0 Å². The van der Waals surface area contributed by atoms with Crippen LogP contribution in [0.5, 0.6) is 5.75 Å². The summed E-state index contributed by atoms with van der Waals surface area (Å²) in [5, 5.41) is 12.7. The molecule has 2 aromatic carbocycles. The summed E-state index contributed by atoms with van der Waals surface area (Å²) < 4.78 is 13.1. The second-order valence-electron chi connectivity index (χ2n) is 4.47. The fourth-order valence-electron chi connectivity index (χ4n) is 2.04. The summed E-state index contributed by atoms with van der Waals surface area (Å²) in [5.74, 6) is -0.361. The van der Waals surface area contributed by atoms with Gasteiger partial charge in [-0.25, -0.2) is 9.18 Å². The zero-order valence-corrected chi connectivity index (χ0v) is 10.4. The second-order valence-corrected chi connectivity index (χ2v) is 4.47. The molecule has 20 heavy (non-hydrogen) atoms. The molecule has 3 aromatic rings. The summed E-state index contributed by atoms with van der Waals surface area (Å²) in [6.07, 6.45) is 0. The molecule has 6 heteroatoms. The predicted octanol–water partition coefficient (Wildman–Crippen LogP) is 2.31. The number of imidazole rings is 1. The Bertz CT molecular complexity index is 823. The van der Waals surface area contributed by atoms with Crippen molar-refractivity contribution in [1.82, 2.24) is 9.97 Å². The van der Waals surface area contributed by atoms with E-state index >= 15 is 0 Å². The summed E-state index contributed by atoms with van der Waals surface area (Å²) >= 11 is 0. The van der Waals surface area contributed by atoms with E-state index in [0.717, 1.165) is 5.69 Å². The van der Waals surface area contributed by atoms with Crippen LogP contribution < -0.4 is 11.0 Å². The highest BCUT2D eigenvalue weighted by molar-refractivity contribution is 5.78. The van der Waals surface area contributed by atoms with Crippen molar-refractivity contribution in [3.8, 4) is 5.75 Å². The molecule has 0 spiro atoms. The number of hydrogen-bond acceptors (Lipinski definition) is 3. The summed E-state index contributed by atoms with van der Waals surface area (Å²) in [5.41, 5.74) is 2.36. The van der Waals surface area contributed by atoms with Crippen LogP contribution in [0.1, 0.15) is 5.56 Å². The minimum absolute atomic E-state index is 0.0371. The van der Waals surface area contributed by atoms with Crippen molar-refractivity contribution < 1.29 is 9.50 Å². The summed E-state index contributed by atoms with van der Waals surface area (Å²) in [6.45, 7) is 0.282. The number of H-pyrrole nitrogens is 2. The van der Waals surface area contributed by atoms with E-state index in [9.17, 15) is 14.3 Å². The number of phenols is 1. The number of phenolic OH excluding ortho intramolecular Hbond substituents is 1. The fraction of sp³-hybridized carbons (Fsp3) is 0.0714. The highest BCUT2D eigenvalue weighted by Crippen LogP contribution is 2.20. The molecule has 0 radical (unpaired) electrons. The molecule has 0 atom stereocenters. The average Bonchev–Trinajstić information content (AvgIpc) is 2.79. The number of anilines is 1. The van der Waals surface area contributed by atoms with E-state index in [0.29, 0.717) is 16.6 Å². The lowest BCUT2D eigenvalue weighted by molar-refractivity contribution is 0.466. The maximum atomic E-state index is 13.1. The predicted molar refractivity (Wildman–Crippen MR) is 74.3 cm³/mol. The molecule has 1 aromatic heterocycles. The van der Waals surface area contributed by atoms with Gasteiger partial charge in [-0.1, -0.05) is 0 Å². The van der Waals surface area contributed by atoms with Gasteiger partial charge in [-0.05, 0) is 36.4 Å². The number of rotatable bonds is 3. The monoisotopic (exact) mass is 273 g/mol. The van der Waals surface area contributed by atoms with Gasteiger partial charge in [0.05, 0.1) is 11.0 Å². The number of aromatic amines is 2. The van der Waals surface area contributed by atoms with Crippen molar-refractivity contribution in [2.45, 2.75) is 6.54 Å². The molecule has 0 unspecified atom stereocenters. The molecule has 0 saturated heterocycles. The number of hydrogen-bond donors (Lipinski definition) is 4. The van der Waals surface area contributed by atoms with Crippen molar-refractivity contribution in [3.05, 3.63) is 58.3 Å². The summed E-state index contributed by atoms with van der Waals surface area (Å²) in [4.78, 5) is 16.5. The molecule has 0 saturated carbocycles. The first kappa shape index (κ1) is 12.3. The van der Waals surface area contributed by atoms with Crippen molar-refractivity contribution in [2.24, 2.45) is 0 Å². The van der Waals surface area contributed by atoms with Crippen molar-refractivity contribution >= 4 is 16.7 Å². The van der Waals surface area contributed by atoms with Gasteiger partial charge in [0.1, 0.15) is 11.6 Å². The smallest absolute Gasteiger partial charge is 0.323 e. The largest absolute Gasteiger partial charge is 0.508 e. The lowest BCUT2D eigenvalue weighted by Gasteiger charge is -2.08. The first-order valence-electron chi connectivity index (χ1n) is 6.05. The fourth-order valence-corrected chi connectivity index (χ4v) is 2.04. The van der Waals surface area contributed by atoms with Crippen LogP contribution in [0.2, 0.25) is 0 Å². The molecule has 0 aliphatic heterocycles. The van der Waals surface area contributed by atoms with E-state index in [2.05, 4.69) is 15.3 Å². The first-order valence-corrected chi connectivity index (χ1v) is 6.05. The van der Waals surface area contributed by atoms with Crippen molar-refractivity contribution in [3.63, 3.8) is 0 Å². The highest BCUT2D eigenvalue weighted by atomic mass is 19.1. The second kappa shape index (κ2) is 4.73. The average molecular weight is 273 g/mol. The zero-order valence-electron chi connectivity index (χ0n) is 10.4. The number of fused-ring (bicyclic) bond motifs is 1. The number of aromatic nitrogens is 2. The Morgan fingerprint density at radius 1 is 1.10 bits per heavy atom. The molecule has 5 nitrogen and oxygen atoms in total. The van der Waals surface area contributed by atoms with Gasteiger partial charge in [0.25, 0.3) is 0 Å². The Balaban J connectivity index is 1.82. The van der Waals surface area contributed by atoms with E-state index in [1.54, 1.807) is 18.2 Å². The standard InChI is InChI=1S/C14H12FN3O2/c15-9-1-4-13(19)8(5-9)7-16-10-2-3-11-12(6-10)18-14(20)17-11/h1-6,16,19H,7H2,(H2,17,18,20). The zero-order chi connectivity index (χ0) is 14.1. The molecular formula is C14H12FN3O2. The van der Waals surface area contributed by atoms with Crippen molar-refractivity contribution in [2.75, 3.05) is 5.32 Å². The third-order valence-corrected chi connectivity index (χ3v) is 3.04. The Kier molecular flexibility index (Phi) is 2.90. The Hall–Kier alpha value is -2.76. The van der Waals surface area contributed by atoms with Crippen LogP contribution in [-0.4, -0.2) is 15.1 Å². The van der Waals surface area contributed by atoms with Gasteiger partial charge in [-0.3, -0.25) is 0 Å². The molecule has 102 valence electrons. The lowest BCUT2D eigenvalue weighted by Crippen LogP contribution is -2.00. The molecule has 0 aliphatic carbocycles. The van der Waals surface area contributed by atoms with Crippen LogP contribution in [0, 0.1) is 5.82 Å². The third-order valence-electron chi connectivity index (χ3n) is 3.04. The van der Waals surface area contributed by atoms with E-state index in [1.807, 2.05) is 0 Å².